The molecule has 0 aliphatic rings. The van der Waals surface area contributed by atoms with Crippen LogP contribution >= 0.6 is 7.82 Å². The molecular weight excluding hydrogens is 1040 g/mol. The van der Waals surface area contributed by atoms with Gasteiger partial charge in [0.25, 0.3) is 7.82 Å². The molecule has 2 atom stereocenters. The van der Waals surface area contributed by atoms with E-state index in [1.807, 2.05) is 21.1 Å². The van der Waals surface area contributed by atoms with Crippen LogP contribution in [0.5, 0.6) is 0 Å². The van der Waals surface area contributed by atoms with Gasteiger partial charge in [0, 0.05) is 12.8 Å². The highest BCUT2D eigenvalue weighted by Crippen LogP contribution is 2.38. The molecule has 0 rings (SSSR count). The quantitative estimate of drug-likeness (QED) is 0.0195. The van der Waals surface area contributed by atoms with E-state index >= 15 is 0 Å². The number of ether oxygens (including phenoxy) is 2. The van der Waals surface area contributed by atoms with Gasteiger partial charge < -0.3 is 27.9 Å². The molecule has 0 saturated heterocycles. The molecule has 0 aliphatic heterocycles. The SMILES string of the molecule is CCCCCCC/C=C\C/C=C\CCCCCCCCCCCCCCCCCCCCCC(=O)OC(COC(=O)CCCCCCCCCCCCCCCCCCCCCCCCCCCCC)COP(=O)([O-])OCC[N+](C)(C)C. The molecule has 9 nitrogen and oxygen atoms in total. The van der Waals surface area contributed by atoms with E-state index in [-0.39, 0.29) is 32.0 Å². The van der Waals surface area contributed by atoms with Crippen molar-refractivity contribution in [3.8, 4) is 0 Å². The van der Waals surface area contributed by atoms with Crippen LogP contribution < -0.4 is 4.89 Å². The monoisotopic (exact) mass is 1180 g/mol. The number of allylic oxidation sites excluding steroid dienone is 4. The summed E-state index contributed by atoms with van der Waals surface area (Å²) in [5.41, 5.74) is 0. The number of hydrogen-bond acceptors (Lipinski definition) is 8. The first-order valence-electron chi connectivity index (χ1n) is 36.0. The second kappa shape index (κ2) is 64.0. The normalized spacial score (nSPS) is 13.2. The second-order valence-electron chi connectivity index (χ2n) is 26.0. The number of rotatable bonds is 68. The van der Waals surface area contributed by atoms with E-state index in [9.17, 15) is 19.0 Å². The van der Waals surface area contributed by atoms with Gasteiger partial charge in [-0.3, -0.25) is 14.2 Å². The third kappa shape index (κ3) is 67.6. The summed E-state index contributed by atoms with van der Waals surface area (Å²) in [7, 11) is 1.19. The van der Waals surface area contributed by atoms with Gasteiger partial charge in [-0.2, -0.15) is 0 Å². The Kier molecular flexibility index (Phi) is 62.8. The zero-order valence-corrected chi connectivity index (χ0v) is 56.4. The number of carbonyl (C=O) groups is 2. The molecule has 82 heavy (non-hydrogen) atoms. The predicted molar refractivity (Wildman–Crippen MR) is 351 cm³/mol. The van der Waals surface area contributed by atoms with Gasteiger partial charge in [0.2, 0.25) is 0 Å². The van der Waals surface area contributed by atoms with Crippen molar-refractivity contribution < 1.29 is 42.1 Å². The first-order chi connectivity index (χ1) is 40.0. The third-order valence-electron chi connectivity index (χ3n) is 16.5. The number of esters is 2. The maximum Gasteiger partial charge on any atom is 0.306 e. The van der Waals surface area contributed by atoms with Crippen LogP contribution in [0.25, 0.3) is 0 Å². The maximum atomic E-state index is 12.9. The molecule has 0 fully saturated rings. The van der Waals surface area contributed by atoms with Crippen molar-refractivity contribution in [2.24, 2.45) is 0 Å². The van der Waals surface area contributed by atoms with Gasteiger partial charge in [0.15, 0.2) is 6.10 Å². The highest BCUT2D eigenvalue weighted by molar-refractivity contribution is 7.45. The van der Waals surface area contributed by atoms with Gasteiger partial charge in [0.05, 0.1) is 27.7 Å². The van der Waals surface area contributed by atoms with E-state index in [1.54, 1.807) is 0 Å². The summed E-state index contributed by atoms with van der Waals surface area (Å²) in [5.74, 6) is -0.808. The molecule has 0 aromatic heterocycles. The minimum absolute atomic E-state index is 0.0267. The highest BCUT2D eigenvalue weighted by Gasteiger charge is 2.22. The summed E-state index contributed by atoms with van der Waals surface area (Å²) >= 11 is 0. The van der Waals surface area contributed by atoms with Crippen LogP contribution in [0, 0.1) is 0 Å². The van der Waals surface area contributed by atoms with Crippen molar-refractivity contribution in [1.82, 2.24) is 0 Å². The second-order valence-corrected chi connectivity index (χ2v) is 27.4. The average Bonchev–Trinajstić information content (AvgIpc) is 3.46. The van der Waals surface area contributed by atoms with Gasteiger partial charge in [-0.1, -0.05) is 340 Å². The zero-order chi connectivity index (χ0) is 59.8. The highest BCUT2D eigenvalue weighted by atomic mass is 31.2. The molecule has 0 aromatic carbocycles. The minimum Gasteiger partial charge on any atom is -0.756 e. The summed E-state index contributed by atoms with van der Waals surface area (Å²) in [6.07, 6.45) is 79.8. The minimum atomic E-state index is -4.64. The van der Waals surface area contributed by atoms with Crippen molar-refractivity contribution in [3.05, 3.63) is 24.3 Å². The Balaban J connectivity index is 3.97. The summed E-state index contributed by atoms with van der Waals surface area (Å²) in [4.78, 5) is 38.1. The van der Waals surface area contributed by atoms with Crippen LogP contribution in [0.15, 0.2) is 24.3 Å². The molecule has 0 saturated carbocycles. The van der Waals surface area contributed by atoms with E-state index in [1.165, 1.54) is 302 Å². The van der Waals surface area contributed by atoms with Crippen molar-refractivity contribution in [3.63, 3.8) is 0 Å². The van der Waals surface area contributed by atoms with Crippen LogP contribution in [0.4, 0.5) is 0 Å². The molecule has 0 aliphatic carbocycles. The summed E-state index contributed by atoms with van der Waals surface area (Å²) in [6.45, 7) is 4.31. The van der Waals surface area contributed by atoms with Gasteiger partial charge in [0.1, 0.15) is 19.8 Å². The van der Waals surface area contributed by atoms with Gasteiger partial charge in [-0.15, -0.1) is 0 Å². The number of nitrogens with zero attached hydrogens (tertiary/aromatic N) is 1. The molecule has 0 spiro atoms. The van der Waals surface area contributed by atoms with Crippen molar-refractivity contribution in [1.29, 1.82) is 0 Å². The lowest BCUT2D eigenvalue weighted by molar-refractivity contribution is -0.870. The van der Waals surface area contributed by atoms with Gasteiger partial charge in [-0.05, 0) is 44.9 Å². The molecule has 2 unspecified atom stereocenters. The van der Waals surface area contributed by atoms with E-state index in [0.717, 1.165) is 38.5 Å². The van der Waals surface area contributed by atoms with Gasteiger partial charge in [-0.25, -0.2) is 0 Å². The zero-order valence-electron chi connectivity index (χ0n) is 55.5. The number of hydrogen-bond donors (Lipinski definition) is 0. The maximum absolute atomic E-state index is 12.9. The molecule has 10 heteroatoms. The number of likely N-dealkylation sites (N-methyl/N-ethyl adjacent to an activating group) is 1. The Morgan fingerprint density at radius 1 is 0.378 bits per heavy atom. The standard InChI is InChI=1S/C72H140NO8P/c1-6-8-10-12-14-16-18-20-22-24-26-28-30-32-34-35-36-37-39-41-43-45-47-49-51-53-55-57-59-61-63-65-72(75)81-70(69-80-82(76,77)79-67-66-73(3,4)5)68-78-71(74)64-62-60-58-56-54-52-50-48-46-44-42-40-38-33-31-29-27-25-23-21-19-17-15-13-11-9-7-2/h18,20,24,26,70H,6-17,19,21-23,25,27-69H2,1-5H3/b20-18-,26-24-. The fourth-order valence-electron chi connectivity index (χ4n) is 10.9. The number of quaternary nitrogens is 1. The Morgan fingerprint density at radius 2 is 0.659 bits per heavy atom. The van der Waals surface area contributed by atoms with Crippen LogP contribution in [-0.4, -0.2) is 70.0 Å². The number of phosphoric ester groups is 1. The third-order valence-corrected chi connectivity index (χ3v) is 17.4. The largest absolute Gasteiger partial charge is 0.756 e. The van der Waals surface area contributed by atoms with Crippen LogP contribution in [-0.2, 0) is 32.7 Å². The van der Waals surface area contributed by atoms with E-state index in [0.29, 0.717) is 17.4 Å². The lowest BCUT2D eigenvalue weighted by Gasteiger charge is -2.28. The topological polar surface area (TPSA) is 111 Å². The summed E-state index contributed by atoms with van der Waals surface area (Å²) < 4.78 is 34.4. The first kappa shape index (κ1) is 80.5. The average molecular weight is 1180 g/mol. The Bertz CT molecular complexity index is 1430. The van der Waals surface area contributed by atoms with Crippen LogP contribution in [0.1, 0.15) is 373 Å². The van der Waals surface area contributed by atoms with Crippen molar-refractivity contribution >= 4 is 19.8 Å². The summed E-state index contributed by atoms with van der Waals surface area (Å²) in [6, 6.07) is 0. The Labute approximate surface area is 510 Å². The van der Waals surface area contributed by atoms with Crippen LogP contribution in [0.2, 0.25) is 0 Å². The lowest BCUT2D eigenvalue weighted by atomic mass is 10.0. The fraction of sp³-hybridized carbons (Fsp3) is 0.917. The molecule has 0 bridgehead atoms. The molecule has 486 valence electrons. The van der Waals surface area contributed by atoms with Crippen molar-refractivity contribution in [2.75, 3.05) is 47.5 Å². The molecule has 0 heterocycles. The molecule has 0 aromatic rings. The number of unbranched alkanes of at least 4 members (excludes halogenated alkanes) is 50. The molecule has 0 radical (unpaired) electrons. The first-order valence-corrected chi connectivity index (χ1v) is 37.5. The molecule has 0 amide bonds. The fourth-order valence-corrected chi connectivity index (χ4v) is 11.7. The Morgan fingerprint density at radius 3 is 0.963 bits per heavy atom. The molecular formula is C72H140NO8P. The summed E-state index contributed by atoms with van der Waals surface area (Å²) in [5, 5.41) is 0. The van der Waals surface area contributed by atoms with E-state index in [2.05, 4.69) is 38.2 Å². The Hall–Kier alpha value is -1.51. The van der Waals surface area contributed by atoms with Crippen LogP contribution in [0.3, 0.4) is 0 Å². The van der Waals surface area contributed by atoms with Gasteiger partial charge >= 0.3 is 11.9 Å². The van der Waals surface area contributed by atoms with Crippen molar-refractivity contribution in [2.45, 2.75) is 380 Å². The smallest absolute Gasteiger partial charge is 0.306 e. The van der Waals surface area contributed by atoms with E-state index < -0.39 is 26.5 Å². The number of carbonyl (C=O) groups excluding carboxylic acids is 2. The number of phosphoric acid groups is 1. The lowest BCUT2D eigenvalue weighted by Crippen LogP contribution is -2.37. The molecule has 0 N–H and O–H groups in total. The van der Waals surface area contributed by atoms with E-state index in [4.69, 9.17) is 18.5 Å². The predicted octanol–water partition coefficient (Wildman–Crippen LogP) is 22.6.